The molecule has 2 atom stereocenters. The van der Waals surface area contributed by atoms with Crippen LogP contribution in [0.3, 0.4) is 0 Å². The Hall–Kier alpha value is -2.41. The van der Waals surface area contributed by atoms with Gasteiger partial charge in [0.25, 0.3) is 0 Å². The Balaban J connectivity index is 1.70. The number of carbonyl (C=O) groups is 3. The molecule has 1 aromatic rings. The summed E-state index contributed by atoms with van der Waals surface area (Å²) in [6, 6.07) is 8.28. The first kappa shape index (κ1) is 21.9. The topological polar surface area (TPSA) is 90.5 Å². The third-order valence-corrected chi connectivity index (χ3v) is 4.81. The van der Waals surface area contributed by atoms with Gasteiger partial charge in [-0.3, -0.25) is 19.3 Å². The van der Waals surface area contributed by atoms with E-state index in [2.05, 4.69) is 46.8 Å². The van der Waals surface area contributed by atoms with E-state index in [9.17, 15) is 14.4 Å². The van der Waals surface area contributed by atoms with E-state index in [0.717, 1.165) is 37.0 Å². The SMILES string of the molecule is CC(=O)NCC(=O)NCC(=O)NCc1ccc(CN2CC(C)CC(C)C2)cc1. The number of benzene rings is 1. The molecule has 7 heteroatoms. The third-order valence-electron chi connectivity index (χ3n) is 4.81. The molecule has 0 spiro atoms. The normalized spacial score (nSPS) is 19.7. The molecule has 3 N–H and O–H groups in total. The predicted octanol–water partition coefficient (Wildman–Crippen LogP) is 1.03. The van der Waals surface area contributed by atoms with Gasteiger partial charge in [-0.1, -0.05) is 38.1 Å². The van der Waals surface area contributed by atoms with Crippen molar-refractivity contribution >= 4 is 17.7 Å². The van der Waals surface area contributed by atoms with Gasteiger partial charge < -0.3 is 16.0 Å². The average Bonchev–Trinajstić information content (AvgIpc) is 2.63. The Bertz CT molecular complexity index is 665. The van der Waals surface area contributed by atoms with Crippen LogP contribution in [-0.4, -0.2) is 48.8 Å². The van der Waals surface area contributed by atoms with E-state index in [4.69, 9.17) is 0 Å². The second-order valence-electron chi connectivity index (χ2n) is 7.92. The van der Waals surface area contributed by atoms with E-state index in [1.165, 1.54) is 18.9 Å². The number of nitrogens with one attached hydrogen (secondary N) is 3. The van der Waals surface area contributed by atoms with Gasteiger partial charge in [0.1, 0.15) is 0 Å². The maximum absolute atomic E-state index is 11.8. The van der Waals surface area contributed by atoms with Crippen LogP contribution in [0.4, 0.5) is 0 Å². The summed E-state index contributed by atoms with van der Waals surface area (Å²) in [5.41, 5.74) is 2.30. The standard InChI is InChI=1S/C21H32N4O3/c1-15-8-16(2)13-25(12-15)14-19-6-4-18(5-7-19)9-23-21(28)11-24-20(27)10-22-17(3)26/h4-7,15-16H,8-14H2,1-3H3,(H,22,26)(H,23,28)(H,24,27). The predicted molar refractivity (Wildman–Crippen MR) is 108 cm³/mol. The summed E-state index contributed by atoms with van der Waals surface area (Å²) in [4.78, 5) is 36.5. The molecule has 154 valence electrons. The molecule has 0 aromatic heterocycles. The number of likely N-dealkylation sites (tertiary alicyclic amines) is 1. The van der Waals surface area contributed by atoms with Gasteiger partial charge in [0.05, 0.1) is 13.1 Å². The average molecular weight is 389 g/mol. The molecule has 0 aliphatic carbocycles. The first-order valence-corrected chi connectivity index (χ1v) is 9.89. The lowest BCUT2D eigenvalue weighted by Gasteiger charge is -2.35. The van der Waals surface area contributed by atoms with Crippen molar-refractivity contribution in [3.63, 3.8) is 0 Å². The zero-order valence-electron chi connectivity index (χ0n) is 17.1. The van der Waals surface area contributed by atoms with E-state index >= 15 is 0 Å². The van der Waals surface area contributed by atoms with Crippen molar-refractivity contribution in [1.29, 1.82) is 0 Å². The van der Waals surface area contributed by atoms with Crippen molar-refractivity contribution in [2.24, 2.45) is 11.8 Å². The maximum Gasteiger partial charge on any atom is 0.239 e. The smallest absolute Gasteiger partial charge is 0.239 e. The minimum absolute atomic E-state index is 0.109. The molecule has 2 rings (SSSR count). The molecule has 28 heavy (non-hydrogen) atoms. The van der Waals surface area contributed by atoms with Crippen molar-refractivity contribution in [2.75, 3.05) is 26.2 Å². The summed E-state index contributed by atoms with van der Waals surface area (Å²) in [6.45, 7) is 9.40. The Morgan fingerprint density at radius 2 is 1.43 bits per heavy atom. The van der Waals surface area contributed by atoms with Crippen LogP contribution in [0, 0.1) is 11.8 Å². The lowest BCUT2D eigenvalue weighted by Crippen LogP contribution is -2.41. The van der Waals surface area contributed by atoms with Gasteiger partial charge in [-0.05, 0) is 29.4 Å². The van der Waals surface area contributed by atoms with Crippen LogP contribution in [0.15, 0.2) is 24.3 Å². The fourth-order valence-electron chi connectivity index (χ4n) is 3.65. The van der Waals surface area contributed by atoms with Crippen molar-refractivity contribution in [1.82, 2.24) is 20.9 Å². The summed E-state index contributed by atoms with van der Waals surface area (Å²) < 4.78 is 0. The summed E-state index contributed by atoms with van der Waals surface area (Å²) >= 11 is 0. The Labute approximate surface area is 167 Å². The highest BCUT2D eigenvalue weighted by molar-refractivity contribution is 5.87. The maximum atomic E-state index is 11.8. The highest BCUT2D eigenvalue weighted by atomic mass is 16.2. The molecule has 1 fully saturated rings. The van der Waals surface area contributed by atoms with Crippen LogP contribution in [-0.2, 0) is 27.5 Å². The number of hydrogen-bond acceptors (Lipinski definition) is 4. The summed E-state index contributed by atoms with van der Waals surface area (Å²) in [5, 5.41) is 7.62. The molecule has 0 radical (unpaired) electrons. The van der Waals surface area contributed by atoms with Gasteiger partial charge in [-0.15, -0.1) is 0 Å². The summed E-state index contributed by atoms with van der Waals surface area (Å²) in [6.07, 6.45) is 1.31. The van der Waals surface area contributed by atoms with Crippen LogP contribution < -0.4 is 16.0 Å². The van der Waals surface area contributed by atoms with Gasteiger partial charge in [0.15, 0.2) is 0 Å². The molecular formula is C21H32N4O3. The van der Waals surface area contributed by atoms with Crippen molar-refractivity contribution in [3.8, 4) is 0 Å². The Kier molecular flexibility index (Phi) is 8.44. The third kappa shape index (κ3) is 8.08. The van der Waals surface area contributed by atoms with Gasteiger partial charge in [0.2, 0.25) is 17.7 Å². The number of nitrogens with zero attached hydrogens (tertiary/aromatic N) is 1. The van der Waals surface area contributed by atoms with Crippen LogP contribution in [0.1, 0.15) is 38.3 Å². The van der Waals surface area contributed by atoms with E-state index < -0.39 is 5.91 Å². The van der Waals surface area contributed by atoms with Crippen molar-refractivity contribution in [3.05, 3.63) is 35.4 Å². The molecule has 1 saturated heterocycles. The zero-order chi connectivity index (χ0) is 20.5. The molecular weight excluding hydrogens is 356 g/mol. The van der Waals surface area contributed by atoms with E-state index in [0.29, 0.717) is 6.54 Å². The molecule has 1 aliphatic heterocycles. The summed E-state index contributed by atoms with van der Waals surface area (Å²) in [5.74, 6) is 0.550. The minimum atomic E-state index is -0.393. The molecule has 2 unspecified atom stereocenters. The van der Waals surface area contributed by atoms with Gasteiger partial charge in [-0.25, -0.2) is 0 Å². The first-order valence-electron chi connectivity index (χ1n) is 9.89. The molecule has 0 bridgehead atoms. The lowest BCUT2D eigenvalue weighted by atomic mass is 9.91. The molecule has 1 heterocycles. The number of carbonyl (C=O) groups excluding carboxylic acids is 3. The second kappa shape index (κ2) is 10.8. The van der Waals surface area contributed by atoms with Gasteiger partial charge in [-0.2, -0.15) is 0 Å². The van der Waals surface area contributed by atoms with E-state index in [1.54, 1.807) is 0 Å². The Morgan fingerprint density at radius 1 is 0.893 bits per heavy atom. The fraction of sp³-hybridized carbons (Fsp3) is 0.571. The molecule has 7 nitrogen and oxygen atoms in total. The van der Waals surface area contributed by atoms with Crippen LogP contribution in [0.25, 0.3) is 0 Å². The first-order chi connectivity index (χ1) is 13.3. The zero-order valence-corrected chi connectivity index (χ0v) is 17.1. The molecule has 1 aliphatic rings. The van der Waals surface area contributed by atoms with Crippen molar-refractivity contribution < 1.29 is 14.4 Å². The lowest BCUT2D eigenvalue weighted by molar-refractivity contribution is -0.127. The largest absolute Gasteiger partial charge is 0.350 e. The highest BCUT2D eigenvalue weighted by Gasteiger charge is 2.21. The number of hydrogen-bond donors (Lipinski definition) is 3. The fourth-order valence-corrected chi connectivity index (χ4v) is 3.65. The van der Waals surface area contributed by atoms with E-state index in [-0.39, 0.29) is 24.9 Å². The van der Waals surface area contributed by atoms with E-state index in [1.807, 2.05) is 12.1 Å². The van der Waals surface area contributed by atoms with Crippen molar-refractivity contribution in [2.45, 2.75) is 40.3 Å². The quantitative estimate of drug-likeness (QED) is 0.621. The van der Waals surface area contributed by atoms with Gasteiger partial charge >= 0.3 is 0 Å². The molecule has 3 amide bonds. The number of rotatable bonds is 8. The summed E-state index contributed by atoms with van der Waals surface area (Å²) in [7, 11) is 0. The van der Waals surface area contributed by atoms with Gasteiger partial charge in [0, 0.05) is 33.1 Å². The Morgan fingerprint density at radius 3 is 2.04 bits per heavy atom. The monoisotopic (exact) mass is 388 g/mol. The van der Waals surface area contributed by atoms with Crippen LogP contribution >= 0.6 is 0 Å². The number of piperidine rings is 1. The molecule has 0 saturated carbocycles. The molecule has 1 aromatic carbocycles. The highest BCUT2D eigenvalue weighted by Crippen LogP contribution is 2.22. The number of amides is 3. The second-order valence-corrected chi connectivity index (χ2v) is 7.92. The van der Waals surface area contributed by atoms with Crippen LogP contribution in [0.2, 0.25) is 0 Å². The van der Waals surface area contributed by atoms with Crippen LogP contribution in [0.5, 0.6) is 0 Å². The minimum Gasteiger partial charge on any atom is -0.350 e.